The Kier molecular flexibility index (Phi) is 4.29. The lowest BCUT2D eigenvalue weighted by atomic mass is 10.1. The van der Waals surface area contributed by atoms with Gasteiger partial charge in [0.25, 0.3) is 0 Å². The Labute approximate surface area is 140 Å². The molecular weight excluding hydrogens is 335 g/mol. The van der Waals surface area contributed by atoms with E-state index in [4.69, 9.17) is 0 Å². The van der Waals surface area contributed by atoms with Crippen molar-refractivity contribution in [3.8, 4) is 0 Å². The molecule has 3 rings (SSSR count). The Morgan fingerprint density at radius 2 is 2.17 bits per heavy atom. The first-order valence-electron chi connectivity index (χ1n) is 7.96. The molecule has 0 aromatic heterocycles. The first-order chi connectivity index (χ1) is 11.2. The highest BCUT2D eigenvalue weighted by Crippen LogP contribution is 2.44. The lowest BCUT2D eigenvalue weighted by molar-refractivity contribution is -0.133. The van der Waals surface area contributed by atoms with E-state index in [0.717, 1.165) is 29.5 Å². The number of likely N-dealkylation sites (tertiary alicyclic amines) is 1. The van der Waals surface area contributed by atoms with Crippen LogP contribution in [0, 0.1) is 5.82 Å². The molecule has 1 amide bonds. The van der Waals surface area contributed by atoms with E-state index >= 15 is 0 Å². The number of carbonyl (C=O) groups is 1. The minimum atomic E-state index is -3.74. The first-order valence-corrected chi connectivity index (χ1v) is 9.81. The van der Waals surface area contributed by atoms with Crippen LogP contribution in [0.1, 0.15) is 25.7 Å². The van der Waals surface area contributed by atoms with Gasteiger partial charge in [-0.2, -0.15) is 0 Å². The molecule has 0 bridgehead atoms. The van der Waals surface area contributed by atoms with Crippen LogP contribution in [0.4, 0.5) is 10.1 Å². The summed E-state index contributed by atoms with van der Waals surface area (Å²) in [6.07, 6.45) is 3.84. The molecule has 1 saturated carbocycles. The van der Waals surface area contributed by atoms with Gasteiger partial charge in [-0.15, -0.1) is 0 Å². The average Bonchev–Trinajstić information content (AvgIpc) is 3.05. The van der Waals surface area contributed by atoms with E-state index in [2.05, 4.69) is 0 Å². The van der Waals surface area contributed by atoms with Gasteiger partial charge in [0.2, 0.25) is 15.9 Å². The van der Waals surface area contributed by atoms with E-state index in [-0.39, 0.29) is 17.6 Å². The molecule has 6 nitrogen and oxygen atoms in total. The third kappa shape index (κ3) is 3.39. The number of nitrogens with zero attached hydrogens (tertiary/aromatic N) is 2. The SMILES string of the molecule is CS(=O)(=O)N(CC(=O)N1CCCC1C1(O)CC1)c1cccc(F)c1. The molecule has 1 heterocycles. The van der Waals surface area contributed by atoms with Crippen molar-refractivity contribution in [3.63, 3.8) is 0 Å². The van der Waals surface area contributed by atoms with Crippen molar-refractivity contribution < 1.29 is 22.7 Å². The number of anilines is 1. The van der Waals surface area contributed by atoms with Crippen LogP contribution in [0.3, 0.4) is 0 Å². The molecule has 1 saturated heterocycles. The summed E-state index contributed by atoms with van der Waals surface area (Å²) in [4.78, 5) is 14.2. The number of aliphatic hydroxyl groups is 1. The third-order valence-corrected chi connectivity index (χ3v) is 5.87. The summed E-state index contributed by atoms with van der Waals surface area (Å²) in [5.74, 6) is -0.938. The molecule has 1 aliphatic carbocycles. The van der Waals surface area contributed by atoms with Gasteiger partial charge in [-0.25, -0.2) is 12.8 Å². The summed E-state index contributed by atoms with van der Waals surface area (Å²) < 4.78 is 38.5. The van der Waals surface area contributed by atoms with Crippen LogP contribution < -0.4 is 4.31 Å². The van der Waals surface area contributed by atoms with Gasteiger partial charge in [0.15, 0.2) is 0 Å². The smallest absolute Gasteiger partial charge is 0.243 e. The zero-order valence-electron chi connectivity index (χ0n) is 13.5. The van der Waals surface area contributed by atoms with Crippen LogP contribution in [0.25, 0.3) is 0 Å². The third-order valence-electron chi connectivity index (χ3n) is 4.73. The fraction of sp³-hybridized carbons (Fsp3) is 0.562. The summed E-state index contributed by atoms with van der Waals surface area (Å²) in [6.45, 7) is 0.113. The average molecular weight is 356 g/mol. The number of sulfonamides is 1. The predicted octanol–water partition coefficient (Wildman–Crippen LogP) is 1.11. The largest absolute Gasteiger partial charge is 0.388 e. The highest BCUT2D eigenvalue weighted by molar-refractivity contribution is 7.92. The molecule has 1 unspecified atom stereocenters. The molecule has 2 aliphatic rings. The summed E-state index contributed by atoms with van der Waals surface area (Å²) in [7, 11) is -3.74. The summed E-state index contributed by atoms with van der Waals surface area (Å²) in [5, 5.41) is 10.3. The van der Waals surface area contributed by atoms with E-state index in [1.807, 2.05) is 0 Å². The Morgan fingerprint density at radius 1 is 1.46 bits per heavy atom. The molecular formula is C16H21FN2O4S. The molecule has 24 heavy (non-hydrogen) atoms. The van der Waals surface area contributed by atoms with Crippen molar-refractivity contribution in [3.05, 3.63) is 30.1 Å². The molecule has 132 valence electrons. The number of halogens is 1. The van der Waals surface area contributed by atoms with E-state index in [1.54, 1.807) is 4.90 Å². The van der Waals surface area contributed by atoms with Gasteiger partial charge >= 0.3 is 0 Å². The second kappa shape index (κ2) is 6.00. The van der Waals surface area contributed by atoms with Gasteiger partial charge in [-0.1, -0.05) is 6.07 Å². The zero-order chi connectivity index (χ0) is 17.5. The second-order valence-electron chi connectivity index (χ2n) is 6.60. The fourth-order valence-electron chi connectivity index (χ4n) is 3.33. The first kappa shape index (κ1) is 17.2. The topological polar surface area (TPSA) is 77.9 Å². The van der Waals surface area contributed by atoms with Gasteiger partial charge < -0.3 is 10.0 Å². The molecule has 0 spiro atoms. The van der Waals surface area contributed by atoms with Crippen LogP contribution in [-0.2, 0) is 14.8 Å². The van der Waals surface area contributed by atoms with Crippen molar-refractivity contribution >= 4 is 21.6 Å². The minimum absolute atomic E-state index is 0.117. The monoisotopic (exact) mass is 356 g/mol. The summed E-state index contributed by atoms with van der Waals surface area (Å²) in [5.41, 5.74) is -0.701. The molecule has 1 aromatic carbocycles. The molecule has 1 atom stereocenters. The highest BCUT2D eigenvalue weighted by Gasteiger charge is 2.52. The van der Waals surface area contributed by atoms with Crippen LogP contribution in [0.15, 0.2) is 24.3 Å². The van der Waals surface area contributed by atoms with Crippen LogP contribution in [-0.4, -0.2) is 55.3 Å². The van der Waals surface area contributed by atoms with Crippen LogP contribution in [0.5, 0.6) is 0 Å². The lowest BCUT2D eigenvalue weighted by Gasteiger charge is -2.31. The summed E-state index contributed by atoms with van der Waals surface area (Å²) in [6, 6.07) is 4.90. The lowest BCUT2D eigenvalue weighted by Crippen LogP contribution is -2.49. The molecule has 2 fully saturated rings. The van der Waals surface area contributed by atoms with Gasteiger partial charge in [-0.3, -0.25) is 9.10 Å². The van der Waals surface area contributed by atoms with E-state index in [1.165, 1.54) is 18.2 Å². The van der Waals surface area contributed by atoms with E-state index in [0.29, 0.717) is 19.4 Å². The maximum atomic E-state index is 13.4. The maximum Gasteiger partial charge on any atom is 0.243 e. The predicted molar refractivity (Wildman–Crippen MR) is 87.5 cm³/mol. The number of rotatable bonds is 5. The molecule has 8 heteroatoms. The van der Waals surface area contributed by atoms with Crippen molar-refractivity contribution in [1.29, 1.82) is 0 Å². The number of benzene rings is 1. The number of amides is 1. The van der Waals surface area contributed by atoms with Crippen molar-refractivity contribution in [2.24, 2.45) is 0 Å². The second-order valence-corrected chi connectivity index (χ2v) is 8.51. The Balaban J connectivity index is 1.81. The van der Waals surface area contributed by atoms with Crippen LogP contribution >= 0.6 is 0 Å². The highest BCUT2D eigenvalue weighted by atomic mass is 32.2. The Bertz CT molecular complexity index is 748. The van der Waals surface area contributed by atoms with E-state index < -0.39 is 28.0 Å². The van der Waals surface area contributed by atoms with Gasteiger partial charge in [0.1, 0.15) is 12.4 Å². The maximum absolute atomic E-state index is 13.4. The Hall–Kier alpha value is -1.67. The normalized spacial score (nSPS) is 22.5. The molecule has 1 N–H and O–H groups in total. The molecule has 1 aliphatic heterocycles. The van der Waals surface area contributed by atoms with Gasteiger partial charge in [0.05, 0.1) is 23.6 Å². The van der Waals surface area contributed by atoms with Crippen molar-refractivity contribution in [2.45, 2.75) is 37.3 Å². The molecule has 0 radical (unpaired) electrons. The number of hydrogen-bond donors (Lipinski definition) is 1. The van der Waals surface area contributed by atoms with Gasteiger partial charge in [-0.05, 0) is 43.9 Å². The molecule has 1 aromatic rings. The fourth-order valence-corrected chi connectivity index (χ4v) is 4.17. The quantitative estimate of drug-likeness (QED) is 0.857. The minimum Gasteiger partial charge on any atom is -0.388 e. The zero-order valence-corrected chi connectivity index (χ0v) is 14.3. The summed E-state index contributed by atoms with van der Waals surface area (Å²) >= 11 is 0. The number of carbonyl (C=O) groups excluding carboxylic acids is 1. The Morgan fingerprint density at radius 3 is 2.75 bits per heavy atom. The van der Waals surface area contributed by atoms with Crippen molar-refractivity contribution in [1.82, 2.24) is 4.90 Å². The van der Waals surface area contributed by atoms with E-state index in [9.17, 15) is 22.7 Å². The van der Waals surface area contributed by atoms with Gasteiger partial charge in [0, 0.05) is 6.54 Å². The van der Waals surface area contributed by atoms with Crippen LogP contribution in [0.2, 0.25) is 0 Å². The number of hydrogen-bond acceptors (Lipinski definition) is 4. The van der Waals surface area contributed by atoms with Crippen molar-refractivity contribution in [2.75, 3.05) is 23.7 Å². The standard InChI is InChI=1S/C16H21FN2O4S/c1-24(22,23)19(13-5-2-4-12(17)10-13)11-15(20)18-9-3-6-14(18)16(21)7-8-16/h2,4-5,10,14,21H,3,6-9,11H2,1H3.